The molecular formula is C30H48O5. The SMILES string of the molecule is C[C@H](CC[C@@H](O)[C@](C)(O)CO)[C@H]1CC[C@@]2(C)C3=C(CC[C@]12C)[C@]1(C)CCC(=O)C(C)(C)[C@H]1CC3=O. The topological polar surface area (TPSA) is 94.8 Å². The molecule has 0 aliphatic heterocycles. The lowest BCUT2D eigenvalue weighted by Crippen LogP contribution is -2.56. The van der Waals surface area contributed by atoms with Crippen molar-refractivity contribution in [3.63, 3.8) is 0 Å². The number of carbonyl (C=O) groups is 2. The Bertz CT molecular complexity index is 931. The maximum absolute atomic E-state index is 13.9. The Kier molecular flexibility index (Phi) is 6.55. The molecule has 0 amide bonds. The predicted octanol–water partition coefficient (Wildman–Crippen LogP) is 5.00. The van der Waals surface area contributed by atoms with Crippen molar-refractivity contribution >= 4 is 11.6 Å². The van der Waals surface area contributed by atoms with Gasteiger partial charge in [0.1, 0.15) is 11.4 Å². The molecule has 4 aliphatic rings. The van der Waals surface area contributed by atoms with Crippen LogP contribution in [0.25, 0.3) is 0 Å². The van der Waals surface area contributed by atoms with Gasteiger partial charge in [0.2, 0.25) is 0 Å². The Labute approximate surface area is 211 Å². The standard InChI is InChI=1S/C30H48O5/c1-18(8-9-24(34)30(7,35)17-31)19-10-15-29(6)25-20(11-14-28(19,29)5)27(4)13-12-23(33)26(2,3)22(27)16-21(25)32/h18-19,22,24,31,34-35H,8-17H2,1-7H3/t18-,19-,22-,24-,27+,28-,29+,30-/m1/s1. The van der Waals surface area contributed by atoms with E-state index in [1.807, 2.05) is 0 Å². The summed E-state index contributed by atoms with van der Waals surface area (Å²) >= 11 is 0. The van der Waals surface area contributed by atoms with Crippen molar-refractivity contribution in [3.8, 4) is 0 Å². The van der Waals surface area contributed by atoms with Gasteiger partial charge in [0.25, 0.3) is 0 Å². The van der Waals surface area contributed by atoms with Crippen LogP contribution in [0, 0.1) is 39.4 Å². The van der Waals surface area contributed by atoms with E-state index in [-0.39, 0.29) is 27.9 Å². The predicted molar refractivity (Wildman–Crippen MR) is 137 cm³/mol. The number of ketones is 2. The molecule has 4 aliphatic carbocycles. The molecular weight excluding hydrogens is 440 g/mol. The highest BCUT2D eigenvalue weighted by molar-refractivity contribution is 6.00. The Balaban J connectivity index is 1.64. The van der Waals surface area contributed by atoms with Crippen LogP contribution in [0.3, 0.4) is 0 Å². The molecule has 0 saturated heterocycles. The van der Waals surface area contributed by atoms with Gasteiger partial charge in [0.15, 0.2) is 5.78 Å². The van der Waals surface area contributed by atoms with Gasteiger partial charge in [-0.05, 0) is 80.5 Å². The second kappa shape index (κ2) is 8.49. The zero-order valence-corrected chi connectivity index (χ0v) is 23.0. The van der Waals surface area contributed by atoms with Crippen LogP contribution in [0.4, 0.5) is 0 Å². The Morgan fingerprint density at radius 3 is 2.31 bits per heavy atom. The second-order valence-electron chi connectivity index (χ2n) is 14.1. The summed E-state index contributed by atoms with van der Waals surface area (Å²) < 4.78 is 0. The molecule has 0 aromatic heterocycles. The maximum Gasteiger partial charge on any atom is 0.159 e. The van der Waals surface area contributed by atoms with Gasteiger partial charge in [-0.2, -0.15) is 0 Å². The highest BCUT2D eigenvalue weighted by atomic mass is 16.4. The monoisotopic (exact) mass is 488 g/mol. The molecule has 198 valence electrons. The van der Waals surface area contributed by atoms with Crippen molar-refractivity contribution in [2.45, 2.75) is 118 Å². The average molecular weight is 489 g/mol. The first-order chi connectivity index (χ1) is 16.1. The van der Waals surface area contributed by atoms with Crippen LogP contribution < -0.4 is 0 Å². The first-order valence-electron chi connectivity index (χ1n) is 13.9. The number of aliphatic hydroxyl groups excluding tert-OH is 2. The Morgan fingerprint density at radius 2 is 1.69 bits per heavy atom. The van der Waals surface area contributed by atoms with Crippen LogP contribution in [-0.4, -0.2) is 45.2 Å². The second-order valence-corrected chi connectivity index (χ2v) is 14.1. The van der Waals surface area contributed by atoms with Crippen molar-refractivity contribution < 1.29 is 24.9 Å². The van der Waals surface area contributed by atoms with E-state index in [0.29, 0.717) is 36.9 Å². The highest BCUT2D eigenvalue weighted by Gasteiger charge is 2.65. The molecule has 8 atom stereocenters. The highest BCUT2D eigenvalue weighted by Crippen LogP contribution is 2.71. The van der Waals surface area contributed by atoms with E-state index in [9.17, 15) is 24.9 Å². The molecule has 0 radical (unpaired) electrons. The molecule has 4 rings (SSSR count). The third kappa shape index (κ3) is 3.74. The third-order valence-electron chi connectivity index (χ3n) is 12.0. The van der Waals surface area contributed by atoms with E-state index in [2.05, 4.69) is 41.5 Å². The minimum absolute atomic E-state index is 0.00849. The maximum atomic E-state index is 13.9. The molecule has 0 aromatic rings. The molecule has 35 heavy (non-hydrogen) atoms. The minimum Gasteiger partial charge on any atom is -0.393 e. The fraction of sp³-hybridized carbons (Fsp3) is 0.867. The summed E-state index contributed by atoms with van der Waals surface area (Å²) in [6.07, 6.45) is 6.30. The summed E-state index contributed by atoms with van der Waals surface area (Å²) in [5.74, 6) is 1.46. The molecule has 0 unspecified atom stereocenters. The van der Waals surface area contributed by atoms with Crippen molar-refractivity contribution in [2.24, 2.45) is 39.4 Å². The number of hydrogen-bond acceptors (Lipinski definition) is 5. The van der Waals surface area contributed by atoms with E-state index < -0.39 is 23.7 Å². The van der Waals surface area contributed by atoms with Gasteiger partial charge >= 0.3 is 0 Å². The number of Topliss-reactive ketones (excluding diaryl/α,β-unsaturated/α-hetero) is 2. The van der Waals surface area contributed by atoms with E-state index in [0.717, 1.165) is 44.1 Å². The van der Waals surface area contributed by atoms with E-state index in [4.69, 9.17) is 0 Å². The number of fused-ring (bicyclic) bond motifs is 4. The van der Waals surface area contributed by atoms with Crippen LogP contribution >= 0.6 is 0 Å². The van der Waals surface area contributed by atoms with Gasteiger partial charge in [-0.3, -0.25) is 9.59 Å². The average Bonchev–Trinajstić information content (AvgIpc) is 3.07. The van der Waals surface area contributed by atoms with Gasteiger partial charge < -0.3 is 15.3 Å². The van der Waals surface area contributed by atoms with Crippen molar-refractivity contribution in [2.75, 3.05) is 6.61 Å². The van der Waals surface area contributed by atoms with Crippen LogP contribution in [0.5, 0.6) is 0 Å². The van der Waals surface area contributed by atoms with Crippen LogP contribution in [0.2, 0.25) is 0 Å². The van der Waals surface area contributed by atoms with Gasteiger partial charge in [-0.1, -0.05) is 47.1 Å². The fourth-order valence-electron chi connectivity index (χ4n) is 9.16. The van der Waals surface area contributed by atoms with Crippen LogP contribution in [0.15, 0.2) is 11.1 Å². The van der Waals surface area contributed by atoms with Crippen LogP contribution in [-0.2, 0) is 9.59 Å². The van der Waals surface area contributed by atoms with Crippen molar-refractivity contribution in [3.05, 3.63) is 11.1 Å². The summed E-state index contributed by atoms with van der Waals surface area (Å²) in [5, 5.41) is 30.0. The number of allylic oxidation sites excluding steroid dienone is 2. The molecule has 0 heterocycles. The van der Waals surface area contributed by atoms with Crippen molar-refractivity contribution in [1.29, 1.82) is 0 Å². The molecule has 2 saturated carbocycles. The lowest BCUT2D eigenvalue weighted by molar-refractivity contribution is -0.142. The number of aliphatic hydroxyl groups is 3. The zero-order valence-electron chi connectivity index (χ0n) is 23.0. The zero-order chi connectivity index (χ0) is 26.2. The first kappa shape index (κ1) is 27.0. The number of hydrogen-bond donors (Lipinski definition) is 3. The van der Waals surface area contributed by atoms with Crippen molar-refractivity contribution in [1.82, 2.24) is 0 Å². The van der Waals surface area contributed by atoms with Gasteiger partial charge in [-0.15, -0.1) is 0 Å². The Morgan fingerprint density at radius 1 is 1.03 bits per heavy atom. The summed E-state index contributed by atoms with van der Waals surface area (Å²) in [4.78, 5) is 26.7. The molecule has 0 aromatic carbocycles. The molecule has 3 N–H and O–H groups in total. The summed E-state index contributed by atoms with van der Waals surface area (Å²) in [6.45, 7) is 14.4. The molecule has 2 fully saturated rings. The molecule has 5 heteroatoms. The lowest BCUT2D eigenvalue weighted by Gasteiger charge is -2.60. The first-order valence-corrected chi connectivity index (χ1v) is 13.9. The smallest absolute Gasteiger partial charge is 0.159 e. The molecule has 5 nitrogen and oxygen atoms in total. The quantitative estimate of drug-likeness (QED) is 0.489. The summed E-state index contributed by atoms with van der Waals surface area (Å²) in [5.41, 5.74) is 0.310. The summed E-state index contributed by atoms with van der Waals surface area (Å²) in [7, 11) is 0. The number of rotatable bonds is 6. The Hall–Kier alpha value is -1.04. The van der Waals surface area contributed by atoms with E-state index >= 15 is 0 Å². The lowest BCUT2D eigenvalue weighted by atomic mass is 9.43. The van der Waals surface area contributed by atoms with Gasteiger partial charge in [0.05, 0.1) is 12.7 Å². The number of carbonyl (C=O) groups excluding carboxylic acids is 2. The normalized spacial score (nSPS) is 42.1. The van der Waals surface area contributed by atoms with Gasteiger partial charge in [-0.25, -0.2) is 0 Å². The third-order valence-corrected chi connectivity index (χ3v) is 12.0. The fourth-order valence-corrected chi connectivity index (χ4v) is 9.16. The van der Waals surface area contributed by atoms with E-state index in [1.54, 1.807) is 0 Å². The van der Waals surface area contributed by atoms with Gasteiger partial charge in [0, 0.05) is 29.2 Å². The van der Waals surface area contributed by atoms with E-state index in [1.165, 1.54) is 12.5 Å². The summed E-state index contributed by atoms with van der Waals surface area (Å²) in [6, 6.07) is 0. The van der Waals surface area contributed by atoms with Crippen LogP contribution in [0.1, 0.15) is 106 Å². The minimum atomic E-state index is -1.48. The molecule has 0 spiro atoms. The molecule has 0 bridgehead atoms. The largest absolute Gasteiger partial charge is 0.393 e.